The van der Waals surface area contributed by atoms with Crippen molar-refractivity contribution < 1.29 is 9.59 Å². The SMILES string of the molecule is CCCNC(=O)CNC(=O)CSc1nnc(-c2cccs2)n1C1CC1. The lowest BCUT2D eigenvalue weighted by atomic mass is 10.4. The molecule has 1 aliphatic rings. The zero-order chi connectivity index (χ0) is 17.6. The van der Waals surface area contributed by atoms with Gasteiger partial charge in [-0.15, -0.1) is 21.5 Å². The number of carbonyl (C=O) groups is 2. The number of nitrogens with one attached hydrogen (secondary N) is 2. The third-order valence-corrected chi connectivity index (χ3v) is 5.48. The maximum Gasteiger partial charge on any atom is 0.239 e. The molecule has 7 nitrogen and oxygen atoms in total. The lowest BCUT2D eigenvalue weighted by Gasteiger charge is -2.08. The number of amides is 2. The highest BCUT2D eigenvalue weighted by molar-refractivity contribution is 7.99. The number of carbonyl (C=O) groups excluding carboxylic acids is 2. The van der Waals surface area contributed by atoms with Gasteiger partial charge in [-0.05, 0) is 30.7 Å². The molecular weight excluding hydrogens is 358 g/mol. The van der Waals surface area contributed by atoms with Crippen LogP contribution in [0.5, 0.6) is 0 Å². The van der Waals surface area contributed by atoms with Crippen molar-refractivity contribution in [2.45, 2.75) is 37.4 Å². The molecule has 0 unspecified atom stereocenters. The summed E-state index contributed by atoms with van der Waals surface area (Å²) in [6.07, 6.45) is 3.11. The van der Waals surface area contributed by atoms with E-state index in [1.54, 1.807) is 11.3 Å². The third-order valence-electron chi connectivity index (χ3n) is 3.67. The third kappa shape index (κ3) is 4.82. The highest BCUT2D eigenvalue weighted by atomic mass is 32.2. The predicted octanol–water partition coefficient (Wildman–Crippen LogP) is 2.08. The molecule has 0 bridgehead atoms. The molecule has 25 heavy (non-hydrogen) atoms. The van der Waals surface area contributed by atoms with Crippen molar-refractivity contribution in [2.24, 2.45) is 0 Å². The minimum atomic E-state index is -0.181. The average Bonchev–Trinajstić information content (AvgIpc) is 3.14. The molecule has 0 saturated heterocycles. The molecule has 1 aliphatic carbocycles. The van der Waals surface area contributed by atoms with Gasteiger partial charge >= 0.3 is 0 Å². The second-order valence-corrected chi connectivity index (χ2v) is 7.69. The van der Waals surface area contributed by atoms with Crippen molar-refractivity contribution in [1.29, 1.82) is 0 Å². The van der Waals surface area contributed by atoms with Crippen LogP contribution in [0, 0.1) is 0 Å². The first kappa shape index (κ1) is 17.9. The summed E-state index contributed by atoms with van der Waals surface area (Å²) in [6, 6.07) is 4.46. The Labute approximate surface area is 154 Å². The van der Waals surface area contributed by atoms with Gasteiger partial charge in [-0.2, -0.15) is 0 Å². The summed E-state index contributed by atoms with van der Waals surface area (Å²) in [4.78, 5) is 24.6. The maximum atomic E-state index is 12.0. The van der Waals surface area contributed by atoms with E-state index < -0.39 is 0 Å². The fraction of sp³-hybridized carbons (Fsp3) is 0.500. The first-order valence-corrected chi connectivity index (χ1v) is 10.2. The minimum absolute atomic E-state index is 0.00908. The molecule has 0 spiro atoms. The summed E-state index contributed by atoms with van der Waals surface area (Å²) >= 11 is 3.00. The van der Waals surface area contributed by atoms with Crippen molar-refractivity contribution in [3.63, 3.8) is 0 Å². The molecule has 0 aromatic carbocycles. The summed E-state index contributed by atoms with van der Waals surface area (Å²) < 4.78 is 2.14. The first-order chi connectivity index (χ1) is 12.2. The number of thioether (sulfide) groups is 1. The molecule has 1 fully saturated rings. The Morgan fingerprint density at radius 3 is 2.84 bits per heavy atom. The van der Waals surface area contributed by atoms with E-state index in [9.17, 15) is 9.59 Å². The van der Waals surface area contributed by atoms with Crippen LogP contribution in [0.4, 0.5) is 0 Å². The molecule has 2 aromatic heterocycles. The molecule has 0 atom stereocenters. The molecule has 3 rings (SSSR count). The molecule has 2 amide bonds. The van der Waals surface area contributed by atoms with E-state index in [2.05, 4.69) is 25.4 Å². The molecular formula is C16H21N5O2S2. The quantitative estimate of drug-likeness (QED) is 0.651. The van der Waals surface area contributed by atoms with E-state index in [0.717, 1.165) is 35.1 Å². The van der Waals surface area contributed by atoms with Crippen LogP contribution in [-0.2, 0) is 9.59 Å². The van der Waals surface area contributed by atoms with Gasteiger partial charge in [0.2, 0.25) is 11.8 Å². The molecule has 2 N–H and O–H groups in total. The van der Waals surface area contributed by atoms with E-state index >= 15 is 0 Å². The van der Waals surface area contributed by atoms with Gasteiger partial charge in [0.15, 0.2) is 11.0 Å². The predicted molar refractivity (Wildman–Crippen MR) is 98.6 cm³/mol. The molecule has 1 saturated carbocycles. The lowest BCUT2D eigenvalue weighted by Crippen LogP contribution is -2.37. The van der Waals surface area contributed by atoms with Gasteiger partial charge in [0.1, 0.15) is 0 Å². The van der Waals surface area contributed by atoms with E-state index in [1.807, 2.05) is 24.4 Å². The van der Waals surface area contributed by atoms with E-state index in [1.165, 1.54) is 11.8 Å². The van der Waals surface area contributed by atoms with Crippen LogP contribution in [-0.4, -0.2) is 45.4 Å². The Kier molecular flexibility index (Phi) is 6.09. The second-order valence-electron chi connectivity index (χ2n) is 5.80. The monoisotopic (exact) mass is 379 g/mol. The van der Waals surface area contributed by atoms with Crippen molar-refractivity contribution in [2.75, 3.05) is 18.8 Å². The Morgan fingerprint density at radius 1 is 1.32 bits per heavy atom. The largest absolute Gasteiger partial charge is 0.355 e. The van der Waals surface area contributed by atoms with Crippen molar-refractivity contribution in [1.82, 2.24) is 25.4 Å². The number of rotatable bonds is 9. The van der Waals surface area contributed by atoms with Crippen molar-refractivity contribution >= 4 is 34.9 Å². The van der Waals surface area contributed by atoms with E-state index in [0.29, 0.717) is 12.6 Å². The number of thiophene rings is 1. The summed E-state index contributed by atoms with van der Waals surface area (Å²) in [6.45, 7) is 2.62. The van der Waals surface area contributed by atoms with Gasteiger partial charge in [-0.1, -0.05) is 24.8 Å². The van der Waals surface area contributed by atoms with Gasteiger partial charge in [-0.3, -0.25) is 14.2 Å². The molecule has 9 heteroatoms. The molecule has 134 valence electrons. The molecule has 2 heterocycles. The maximum absolute atomic E-state index is 12.0. The van der Waals surface area contributed by atoms with E-state index in [4.69, 9.17) is 0 Å². The van der Waals surface area contributed by atoms with Gasteiger partial charge in [-0.25, -0.2) is 0 Å². The summed E-state index contributed by atoms with van der Waals surface area (Å²) in [5.74, 6) is 0.747. The Bertz CT molecular complexity index is 725. The van der Waals surface area contributed by atoms with Crippen LogP contribution in [0.2, 0.25) is 0 Å². The fourth-order valence-corrected chi connectivity index (χ4v) is 3.84. The van der Waals surface area contributed by atoms with Crippen LogP contribution >= 0.6 is 23.1 Å². The molecule has 0 radical (unpaired) electrons. The Balaban J connectivity index is 1.55. The van der Waals surface area contributed by atoms with Crippen LogP contribution < -0.4 is 10.6 Å². The standard InChI is InChI=1S/C16H21N5O2S2/c1-2-7-17-13(22)9-18-14(23)10-25-16-20-19-15(12-4-3-8-24-12)21(16)11-5-6-11/h3-4,8,11H,2,5-7,9-10H2,1H3,(H,17,22)(H,18,23). The van der Waals surface area contributed by atoms with Crippen molar-refractivity contribution in [3.8, 4) is 10.7 Å². The molecule has 2 aromatic rings. The van der Waals surface area contributed by atoms with Gasteiger partial charge < -0.3 is 10.6 Å². The highest BCUT2D eigenvalue weighted by Crippen LogP contribution is 2.41. The van der Waals surface area contributed by atoms with Crippen molar-refractivity contribution in [3.05, 3.63) is 17.5 Å². The normalized spacial score (nSPS) is 13.6. The fourth-order valence-electron chi connectivity index (χ4n) is 2.30. The minimum Gasteiger partial charge on any atom is -0.355 e. The number of aromatic nitrogens is 3. The average molecular weight is 380 g/mol. The summed E-state index contributed by atoms with van der Waals surface area (Å²) in [5, 5.41) is 16.7. The van der Waals surface area contributed by atoms with Gasteiger partial charge in [0.25, 0.3) is 0 Å². The van der Waals surface area contributed by atoms with Gasteiger partial charge in [0, 0.05) is 12.6 Å². The number of nitrogens with zero attached hydrogens (tertiary/aromatic N) is 3. The zero-order valence-corrected chi connectivity index (χ0v) is 15.7. The smallest absolute Gasteiger partial charge is 0.239 e. The number of hydrogen-bond donors (Lipinski definition) is 2. The van der Waals surface area contributed by atoms with Crippen LogP contribution in [0.3, 0.4) is 0 Å². The highest BCUT2D eigenvalue weighted by Gasteiger charge is 2.30. The molecule has 0 aliphatic heterocycles. The lowest BCUT2D eigenvalue weighted by molar-refractivity contribution is -0.124. The van der Waals surface area contributed by atoms with Crippen LogP contribution in [0.25, 0.3) is 10.7 Å². The van der Waals surface area contributed by atoms with Crippen LogP contribution in [0.15, 0.2) is 22.7 Å². The zero-order valence-electron chi connectivity index (χ0n) is 14.0. The summed E-state index contributed by atoms with van der Waals surface area (Å²) in [7, 11) is 0. The first-order valence-electron chi connectivity index (χ1n) is 8.34. The number of hydrogen-bond acceptors (Lipinski definition) is 6. The summed E-state index contributed by atoms with van der Waals surface area (Å²) in [5.41, 5.74) is 0. The topological polar surface area (TPSA) is 88.9 Å². The van der Waals surface area contributed by atoms with E-state index in [-0.39, 0.29) is 24.1 Å². The Morgan fingerprint density at radius 2 is 2.16 bits per heavy atom. The Hall–Kier alpha value is -1.87. The van der Waals surface area contributed by atoms with Crippen LogP contribution in [0.1, 0.15) is 32.2 Å². The second kappa shape index (κ2) is 8.48. The van der Waals surface area contributed by atoms with Gasteiger partial charge in [0.05, 0.1) is 17.2 Å².